The first-order valence-corrected chi connectivity index (χ1v) is 16.4. The van der Waals surface area contributed by atoms with Gasteiger partial charge in [0.25, 0.3) is 0 Å². The zero-order chi connectivity index (χ0) is 31.2. The summed E-state index contributed by atoms with van der Waals surface area (Å²) in [6.45, 7) is 0. The maximum Gasteiger partial charge on any atom is -0.000728 e. The number of fused-ring (bicyclic) bond motifs is 4. The molecule has 0 saturated heterocycles. The van der Waals surface area contributed by atoms with Crippen molar-refractivity contribution in [3.63, 3.8) is 0 Å². The van der Waals surface area contributed by atoms with Gasteiger partial charge in [-0.3, -0.25) is 0 Å². The standard InChI is InChI=1S/C47H32/c1-2-14-33(15-3-1)39-19-7-6-17-36(39)31-46-42-20-8-10-22-44(42)47(45-23-11-9-21-43(45)46)38-27-28-41-35(30-38)18-12-24-40(41)37-26-25-32-13-4-5-16-34(32)29-37/h1-30H,31H2. The van der Waals surface area contributed by atoms with Crippen LogP contribution in [-0.4, -0.2) is 0 Å². The molecule has 0 amide bonds. The van der Waals surface area contributed by atoms with E-state index < -0.39 is 0 Å². The van der Waals surface area contributed by atoms with Crippen LogP contribution in [-0.2, 0) is 6.42 Å². The lowest BCUT2D eigenvalue weighted by molar-refractivity contribution is 1.23. The van der Waals surface area contributed by atoms with Crippen LogP contribution in [0.2, 0.25) is 0 Å². The quantitative estimate of drug-likeness (QED) is 0.173. The summed E-state index contributed by atoms with van der Waals surface area (Å²) in [5.74, 6) is 0. The van der Waals surface area contributed by atoms with Crippen LogP contribution < -0.4 is 0 Å². The number of benzene rings is 9. The van der Waals surface area contributed by atoms with E-state index in [9.17, 15) is 0 Å². The summed E-state index contributed by atoms with van der Waals surface area (Å²) in [7, 11) is 0. The molecular formula is C47H32. The fourth-order valence-electron chi connectivity index (χ4n) is 7.53. The molecule has 9 aromatic rings. The second-order valence-corrected chi connectivity index (χ2v) is 12.4. The van der Waals surface area contributed by atoms with Crippen molar-refractivity contribution in [1.29, 1.82) is 0 Å². The first kappa shape index (κ1) is 27.3. The summed E-state index contributed by atoms with van der Waals surface area (Å²) in [6.07, 6.45) is 0.860. The highest BCUT2D eigenvalue weighted by Gasteiger charge is 2.17. The molecular weight excluding hydrogens is 565 g/mol. The predicted octanol–water partition coefficient (Wildman–Crippen LogP) is 12.9. The van der Waals surface area contributed by atoms with Crippen molar-refractivity contribution >= 4 is 43.1 Å². The van der Waals surface area contributed by atoms with Gasteiger partial charge in [-0.15, -0.1) is 0 Å². The second kappa shape index (κ2) is 11.4. The molecule has 0 N–H and O–H groups in total. The smallest absolute Gasteiger partial charge is 0.000728 e. The number of rotatable bonds is 5. The van der Waals surface area contributed by atoms with Crippen molar-refractivity contribution in [3.8, 4) is 33.4 Å². The van der Waals surface area contributed by atoms with Crippen LogP contribution >= 0.6 is 0 Å². The van der Waals surface area contributed by atoms with Gasteiger partial charge in [0.05, 0.1) is 0 Å². The monoisotopic (exact) mass is 596 g/mol. The van der Waals surface area contributed by atoms with Crippen molar-refractivity contribution in [2.45, 2.75) is 6.42 Å². The molecule has 9 rings (SSSR count). The van der Waals surface area contributed by atoms with Gasteiger partial charge in [0.2, 0.25) is 0 Å². The summed E-state index contributed by atoms with van der Waals surface area (Å²) in [4.78, 5) is 0. The predicted molar refractivity (Wildman–Crippen MR) is 202 cm³/mol. The lowest BCUT2D eigenvalue weighted by atomic mass is 9.84. The van der Waals surface area contributed by atoms with E-state index in [0.717, 1.165) is 6.42 Å². The Hall–Kier alpha value is -5.98. The molecule has 0 aliphatic carbocycles. The molecule has 0 bridgehead atoms. The minimum Gasteiger partial charge on any atom is -0.0622 e. The van der Waals surface area contributed by atoms with Crippen LogP contribution in [0.25, 0.3) is 76.5 Å². The summed E-state index contributed by atoms with van der Waals surface area (Å²) in [5.41, 5.74) is 10.3. The molecule has 0 aliphatic heterocycles. The van der Waals surface area contributed by atoms with Crippen molar-refractivity contribution in [1.82, 2.24) is 0 Å². The highest BCUT2D eigenvalue weighted by atomic mass is 14.2. The molecule has 0 radical (unpaired) electrons. The van der Waals surface area contributed by atoms with Gasteiger partial charge in [0, 0.05) is 0 Å². The maximum atomic E-state index is 2.39. The van der Waals surface area contributed by atoms with E-state index in [1.54, 1.807) is 0 Å². The SMILES string of the molecule is c1ccc(-c2ccccc2Cc2c3ccccc3c(-c3ccc4c(-c5ccc6ccccc6c5)cccc4c3)c3ccccc23)cc1. The van der Waals surface area contributed by atoms with Crippen LogP contribution in [0.1, 0.15) is 11.1 Å². The summed E-state index contributed by atoms with van der Waals surface area (Å²) in [5, 5.41) is 10.3. The maximum absolute atomic E-state index is 2.39. The molecule has 0 fully saturated rings. The van der Waals surface area contributed by atoms with Gasteiger partial charge >= 0.3 is 0 Å². The van der Waals surface area contributed by atoms with Gasteiger partial charge in [-0.05, 0) is 106 Å². The van der Waals surface area contributed by atoms with Gasteiger partial charge in [-0.1, -0.05) is 170 Å². The van der Waals surface area contributed by atoms with Gasteiger partial charge in [-0.2, -0.15) is 0 Å². The average Bonchev–Trinajstić information content (AvgIpc) is 3.14. The highest BCUT2D eigenvalue weighted by molar-refractivity contribution is 6.16. The van der Waals surface area contributed by atoms with Gasteiger partial charge in [0.1, 0.15) is 0 Å². The molecule has 0 nitrogen and oxygen atoms in total. The Morgan fingerprint density at radius 1 is 0.298 bits per heavy atom. The van der Waals surface area contributed by atoms with Crippen molar-refractivity contribution in [2.75, 3.05) is 0 Å². The van der Waals surface area contributed by atoms with E-state index in [0.29, 0.717) is 0 Å². The first-order chi connectivity index (χ1) is 23.3. The Morgan fingerprint density at radius 2 is 0.872 bits per heavy atom. The van der Waals surface area contributed by atoms with Crippen LogP contribution in [0.5, 0.6) is 0 Å². The molecule has 0 heterocycles. The molecule has 0 heteroatoms. The summed E-state index contributed by atoms with van der Waals surface area (Å²) in [6, 6.07) is 66.7. The van der Waals surface area contributed by atoms with Crippen LogP contribution in [0, 0.1) is 0 Å². The molecule has 0 saturated carbocycles. The van der Waals surface area contributed by atoms with Crippen LogP contribution in [0.15, 0.2) is 182 Å². The molecule has 0 aromatic heterocycles. The Labute approximate surface area is 275 Å². The lowest BCUT2D eigenvalue weighted by Crippen LogP contribution is -1.97. The third-order valence-corrected chi connectivity index (χ3v) is 9.74. The fraction of sp³-hybridized carbons (Fsp3) is 0.0213. The number of hydrogen-bond donors (Lipinski definition) is 0. The van der Waals surface area contributed by atoms with E-state index in [1.165, 1.54) is 87.6 Å². The normalized spacial score (nSPS) is 11.5. The van der Waals surface area contributed by atoms with Crippen molar-refractivity contribution in [3.05, 3.63) is 193 Å². The van der Waals surface area contributed by atoms with E-state index in [2.05, 4.69) is 182 Å². The van der Waals surface area contributed by atoms with Crippen LogP contribution in [0.3, 0.4) is 0 Å². The molecule has 9 aromatic carbocycles. The molecule has 0 spiro atoms. The summed E-state index contributed by atoms with van der Waals surface area (Å²) >= 11 is 0. The highest BCUT2D eigenvalue weighted by Crippen LogP contribution is 2.42. The van der Waals surface area contributed by atoms with Gasteiger partial charge in [0.15, 0.2) is 0 Å². The molecule has 47 heavy (non-hydrogen) atoms. The largest absolute Gasteiger partial charge is 0.0622 e. The average molecular weight is 597 g/mol. The molecule has 0 aliphatic rings. The zero-order valence-corrected chi connectivity index (χ0v) is 26.0. The minimum atomic E-state index is 0.860. The minimum absolute atomic E-state index is 0.860. The summed E-state index contributed by atoms with van der Waals surface area (Å²) < 4.78 is 0. The Morgan fingerprint density at radius 3 is 1.66 bits per heavy atom. The topological polar surface area (TPSA) is 0 Å². The van der Waals surface area contributed by atoms with E-state index >= 15 is 0 Å². The lowest BCUT2D eigenvalue weighted by Gasteiger charge is -2.19. The van der Waals surface area contributed by atoms with E-state index in [1.807, 2.05) is 0 Å². The van der Waals surface area contributed by atoms with Crippen molar-refractivity contribution in [2.24, 2.45) is 0 Å². The zero-order valence-electron chi connectivity index (χ0n) is 26.0. The van der Waals surface area contributed by atoms with Crippen LogP contribution in [0.4, 0.5) is 0 Å². The van der Waals surface area contributed by atoms with E-state index in [-0.39, 0.29) is 0 Å². The Balaban J connectivity index is 1.22. The second-order valence-electron chi connectivity index (χ2n) is 12.4. The third-order valence-electron chi connectivity index (χ3n) is 9.74. The molecule has 220 valence electrons. The third kappa shape index (κ3) is 4.78. The van der Waals surface area contributed by atoms with Gasteiger partial charge < -0.3 is 0 Å². The fourth-order valence-corrected chi connectivity index (χ4v) is 7.53. The Bertz CT molecular complexity index is 2530. The molecule has 0 unspecified atom stereocenters. The number of hydrogen-bond acceptors (Lipinski definition) is 0. The first-order valence-electron chi connectivity index (χ1n) is 16.4. The van der Waals surface area contributed by atoms with E-state index in [4.69, 9.17) is 0 Å². The van der Waals surface area contributed by atoms with Gasteiger partial charge in [-0.25, -0.2) is 0 Å². The van der Waals surface area contributed by atoms with Crippen molar-refractivity contribution < 1.29 is 0 Å². The Kier molecular flexibility index (Phi) is 6.65. The molecule has 0 atom stereocenters.